The Hall–Kier alpha value is -1.89. The second-order valence-electron chi connectivity index (χ2n) is 5.01. The molecule has 0 atom stereocenters. The lowest BCUT2D eigenvalue weighted by Gasteiger charge is -2.09. The van der Waals surface area contributed by atoms with Crippen molar-refractivity contribution in [1.29, 1.82) is 0 Å². The first kappa shape index (κ1) is 17.2. The van der Waals surface area contributed by atoms with E-state index in [-0.39, 0.29) is 35.4 Å². The molecule has 0 saturated carbocycles. The van der Waals surface area contributed by atoms with Crippen LogP contribution in [0.25, 0.3) is 0 Å². The molecule has 0 aliphatic carbocycles. The second kappa shape index (κ2) is 7.21. The van der Waals surface area contributed by atoms with Crippen molar-refractivity contribution in [1.82, 2.24) is 5.32 Å². The first-order valence-corrected chi connectivity index (χ1v) is 8.19. The number of benzene rings is 1. The number of amides is 1. The first-order chi connectivity index (χ1) is 9.70. The summed E-state index contributed by atoms with van der Waals surface area (Å²) in [4.78, 5) is 22.1. The predicted octanol–water partition coefficient (Wildman–Crippen LogP) is 1.00. The Morgan fingerprint density at radius 3 is 2.24 bits per heavy atom. The zero-order valence-corrected chi connectivity index (χ0v) is 12.8. The Bertz CT molecular complexity index is 605. The summed E-state index contributed by atoms with van der Waals surface area (Å²) < 4.78 is 24.1. The Morgan fingerprint density at radius 2 is 1.76 bits per heavy atom. The second-order valence-corrected chi connectivity index (χ2v) is 7.11. The van der Waals surface area contributed by atoms with Gasteiger partial charge in [0, 0.05) is 12.5 Å². The normalized spacial score (nSPS) is 11.4. The van der Waals surface area contributed by atoms with Gasteiger partial charge in [0.05, 0.1) is 17.1 Å². The highest BCUT2D eigenvalue weighted by Gasteiger charge is 2.17. The van der Waals surface area contributed by atoms with Crippen molar-refractivity contribution in [2.75, 3.05) is 5.75 Å². The highest BCUT2D eigenvalue weighted by molar-refractivity contribution is 7.91. The van der Waals surface area contributed by atoms with E-state index in [0.717, 1.165) is 0 Å². The number of rotatable bonds is 7. The Kier molecular flexibility index (Phi) is 5.90. The summed E-state index contributed by atoms with van der Waals surface area (Å²) in [5.74, 6) is -1.56. The van der Waals surface area contributed by atoms with Crippen molar-refractivity contribution in [3.8, 4) is 0 Å². The lowest BCUT2D eigenvalue weighted by molar-refractivity contribution is -0.136. The van der Waals surface area contributed by atoms with E-state index in [1.165, 1.54) is 24.3 Å². The Morgan fingerprint density at radius 1 is 1.19 bits per heavy atom. The van der Waals surface area contributed by atoms with Crippen LogP contribution in [0, 0.1) is 0 Å². The third-order valence-corrected chi connectivity index (χ3v) is 4.42. The van der Waals surface area contributed by atoms with Gasteiger partial charge in [0.15, 0.2) is 9.84 Å². The van der Waals surface area contributed by atoms with Gasteiger partial charge in [-0.2, -0.15) is 0 Å². The molecule has 1 rings (SSSR count). The van der Waals surface area contributed by atoms with E-state index in [9.17, 15) is 18.0 Å². The van der Waals surface area contributed by atoms with E-state index in [1.54, 1.807) is 13.8 Å². The van der Waals surface area contributed by atoms with Crippen molar-refractivity contribution in [3.63, 3.8) is 0 Å². The lowest BCUT2D eigenvalue weighted by Crippen LogP contribution is -2.31. The molecule has 1 aromatic rings. The molecule has 0 bridgehead atoms. The third kappa shape index (κ3) is 5.95. The molecular formula is C14H19NO5S. The van der Waals surface area contributed by atoms with Crippen LogP contribution in [0.2, 0.25) is 0 Å². The number of carboxylic acids is 1. The van der Waals surface area contributed by atoms with Crippen LogP contribution in [0.3, 0.4) is 0 Å². The number of carboxylic acid groups (broad SMARTS) is 1. The lowest BCUT2D eigenvalue weighted by atomic mass is 10.2. The number of hydrogen-bond donors (Lipinski definition) is 2. The topological polar surface area (TPSA) is 101 Å². The van der Waals surface area contributed by atoms with E-state index in [1.807, 2.05) is 0 Å². The van der Waals surface area contributed by atoms with Gasteiger partial charge in [-0.05, 0) is 31.5 Å². The number of nitrogens with one attached hydrogen (secondary N) is 1. The van der Waals surface area contributed by atoms with Gasteiger partial charge in [0.1, 0.15) is 0 Å². The zero-order valence-electron chi connectivity index (χ0n) is 12.0. The van der Waals surface area contributed by atoms with Crippen molar-refractivity contribution in [2.24, 2.45) is 0 Å². The van der Waals surface area contributed by atoms with E-state index in [0.29, 0.717) is 5.56 Å². The highest BCUT2D eigenvalue weighted by Crippen LogP contribution is 2.14. The molecular weight excluding hydrogens is 294 g/mol. The first-order valence-electron chi connectivity index (χ1n) is 6.53. The van der Waals surface area contributed by atoms with Gasteiger partial charge in [0.2, 0.25) is 5.91 Å². The van der Waals surface area contributed by atoms with E-state index in [2.05, 4.69) is 5.32 Å². The fourth-order valence-corrected chi connectivity index (χ4v) is 2.97. The summed E-state index contributed by atoms with van der Waals surface area (Å²) in [5, 5.41) is 11.3. The van der Waals surface area contributed by atoms with Gasteiger partial charge in [-0.3, -0.25) is 9.59 Å². The number of hydrogen-bond acceptors (Lipinski definition) is 4. The van der Waals surface area contributed by atoms with Gasteiger partial charge in [-0.1, -0.05) is 12.1 Å². The summed E-state index contributed by atoms with van der Waals surface area (Å²) in [5.41, 5.74) is 0.527. The van der Waals surface area contributed by atoms with Gasteiger partial charge < -0.3 is 10.4 Å². The fourth-order valence-electron chi connectivity index (χ4n) is 1.73. The molecule has 0 fully saturated rings. The van der Waals surface area contributed by atoms with Gasteiger partial charge >= 0.3 is 5.97 Å². The minimum atomic E-state index is -3.54. The molecule has 0 aromatic heterocycles. The standard InChI is InChI=1S/C14H19NO5S/c1-10(2)15-13(16)7-8-21(19,20)12-5-3-11(4-6-12)9-14(17)18/h3-6,10H,7-9H2,1-2H3,(H,15,16)(H,17,18). The highest BCUT2D eigenvalue weighted by atomic mass is 32.2. The van der Waals surface area contributed by atoms with Crippen LogP contribution in [-0.4, -0.2) is 37.2 Å². The van der Waals surface area contributed by atoms with Gasteiger partial charge in [-0.25, -0.2) is 8.42 Å². The number of sulfone groups is 1. The van der Waals surface area contributed by atoms with E-state index < -0.39 is 15.8 Å². The van der Waals surface area contributed by atoms with Crippen molar-refractivity contribution in [3.05, 3.63) is 29.8 Å². The molecule has 1 aromatic carbocycles. The average molecular weight is 313 g/mol. The van der Waals surface area contributed by atoms with Gasteiger partial charge in [0.25, 0.3) is 0 Å². The smallest absolute Gasteiger partial charge is 0.307 e. The molecule has 6 nitrogen and oxygen atoms in total. The van der Waals surface area contributed by atoms with Crippen LogP contribution < -0.4 is 5.32 Å². The molecule has 116 valence electrons. The largest absolute Gasteiger partial charge is 0.481 e. The minimum absolute atomic E-state index is 0.0319. The van der Waals surface area contributed by atoms with E-state index >= 15 is 0 Å². The van der Waals surface area contributed by atoms with Crippen molar-refractivity contribution < 1.29 is 23.1 Å². The van der Waals surface area contributed by atoms with Crippen LogP contribution in [0.15, 0.2) is 29.2 Å². The molecule has 1 amide bonds. The monoisotopic (exact) mass is 313 g/mol. The van der Waals surface area contributed by atoms with Crippen LogP contribution in [0.4, 0.5) is 0 Å². The molecule has 0 aliphatic heterocycles. The average Bonchev–Trinajstić information content (AvgIpc) is 2.36. The molecule has 0 spiro atoms. The summed E-state index contributed by atoms with van der Waals surface area (Å²) >= 11 is 0. The maximum Gasteiger partial charge on any atom is 0.307 e. The third-order valence-electron chi connectivity index (χ3n) is 2.69. The molecule has 0 saturated heterocycles. The predicted molar refractivity (Wildman–Crippen MR) is 77.7 cm³/mol. The molecule has 0 heterocycles. The number of carbonyl (C=O) groups excluding carboxylic acids is 1. The SMILES string of the molecule is CC(C)NC(=O)CCS(=O)(=O)c1ccc(CC(=O)O)cc1. The summed E-state index contributed by atoms with van der Waals surface area (Å²) in [6.45, 7) is 3.60. The maximum absolute atomic E-state index is 12.1. The minimum Gasteiger partial charge on any atom is -0.481 e. The molecule has 0 radical (unpaired) electrons. The molecule has 0 aliphatic rings. The van der Waals surface area contributed by atoms with Crippen LogP contribution in [0.5, 0.6) is 0 Å². The zero-order chi connectivity index (χ0) is 16.0. The van der Waals surface area contributed by atoms with Crippen molar-refractivity contribution >= 4 is 21.7 Å². The number of aliphatic carboxylic acids is 1. The molecule has 0 unspecified atom stereocenters. The van der Waals surface area contributed by atoms with Crippen molar-refractivity contribution in [2.45, 2.75) is 37.6 Å². The van der Waals surface area contributed by atoms with Crippen LogP contribution >= 0.6 is 0 Å². The molecule has 2 N–H and O–H groups in total. The van der Waals surface area contributed by atoms with Crippen LogP contribution in [-0.2, 0) is 25.8 Å². The Balaban J connectivity index is 2.70. The summed E-state index contributed by atoms with van der Waals surface area (Å²) in [7, 11) is -3.54. The fraction of sp³-hybridized carbons (Fsp3) is 0.429. The molecule has 7 heteroatoms. The van der Waals surface area contributed by atoms with E-state index in [4.69, 9.17) is 5.11 Å². The summed E-state index contributed by atoms with van der Waals surface area (Å²) in [6.07, 6.45) is -0.255. The quantitative estimate of drug-likeness (QED) is 0.782. The number of carbonyl (C=O) groups is 2. The van der Waals surface area contributed by atoms with Crippen LogP contribution in [0.1, 0.15) is 25.8 Å². The maximum atomic E-state index is 12.1. The van der Waals surface area contributed by atoms with Gasteiger partial charge in [-0.15, -0.1) is 0 Å². The summed E-state index contributed by atoms with van der Waals surface area (Å²) in [6, 6.07) is 5.64. The Labute approximate surface area is 124 Å². The molecule has 21 heavy (non-hydrogen) atoms.